The molecule has 0 aromatic heterocycles. The second-order valence-electron chi connectivity index (χ2n) is 1.30. The van der Waals surface area contributed by atoms with Gasteiger partial charge in [0.1, 0.15) is 0 Å². The lowest BCUT2D eigenvalue weighted by atomic mass is 10.5. The van der Waals surface area contributed by atoms with Crippen LogP contribution in [0.2, 0.25) is 0 Å². The van der Waals surface area contributed by atoms with E-state index >= 15 is 0 Å². The van der Waals surface area contributed by atoms with Crippen molar-refractivity contribution >= 4 is 15.9 Å². The Morgan fingerprint density at radius 2 is 1.57 bits per heavy atom. The first-order valence-corrected chi connectivity index (χ1v) is 2.89. The first kappa shape index (κ1) is 4.85. The Balaban J connectivity index is 3.02. The van der Waals surface area contributed by atoms with Crippen LogP contribution in [0.25, 0.3) is 0 Å². The van der Waals surface area contributed by atoms with Gasteiger partial charge in [-0.05, 0) is 12.1 Å². The van der Waals surface area contributed by atoms with E-state index < -0.39 is 0 Å². The summed E-state index contributed by atoms with van der Waals surface area (Å²) in [6, 6.07) is 9.97. The fraction of sp³-hybridized carbons (Fsp3) is 0. The lowest BCUT2D eigenvalue weighted by molar-refractivity contribution is 1.66. The van der Waals surface area contributed by atoms with E-state index in [-0.39, 0.29) is 0 Å². The number of hydrogen-bond acceptors (Lipinski definition) is 0. The summed E-state index contributed by atoms with van der Waals surface area (Å²) in [6.07, 6.45) is 0. The van der Waals surface area contributed by atoms with Gasteiger partial charge in [-0.25, -0.2) is 0 Å². The zero-order chi connectivity index (χ0) is 5.11. The van der Waals surface area contributed by atoms with E-state index in [1.807, 2.05) is 30.3 Å². The molecule has 0 saturated carbocycles. The SMILES string of the molecule is Br[13c]1ccccc1. The molecular weight excluding hydrogens is 153 g/mol. The van der Waals surface area contributed by atoms with Gasteiger partial charge in [-0.2, -0.15) is 0 Å². The zero-order valence-electron chi connectivity index (χ0n) is 3.76. The van der Waals surface area contributed by atoms with E-state index in [1.54, 1.807) is 0 Å². The normalized spacial score (nSPS) is 8.71. The second kappa shape index (κ2) is 2.12. The molecule has 0 saturated heterocycles. The summed E-state index contributed by atoms with van der Waals surface area (Å²) in [4.78, 5) is 0. The van der Waals surface area contributed by atoms with Crippen LogP contribution in [0.3, 0.4) is 0 Å². The molecule has 0 unspecified atom stereocenters. The molecule has 1 aromatic carbocycles. The van der Waals surface area contributed by atoms with Crippen LogP contribution in [-0.2, 0) is 0 Å². The maximum absolute atomic E-state index is 3.31. The van der Waals surface area contributed by atoms with Crippen molar-refractivity contribution in [3.05, 3.63) is 34.8 Å². The molecule has 1 heteroatoms. The predicted octanol–water partition coefficient (Wildman–Crippen LogP) is 2.45. The van der Waals surface area contributed by atoms with Crippen molar-refractivity contribution in [1.29, 1.82) is 0 Å². The van der Waals surface area contributed by atoms with Gasteiger partial charge in [0, 0.05) is 4.47 Å². The summed E-state index contributed by atoms with van der Waals surface area (Å²) in [6.45, 7) is 0. The van der Waals surface area contributed by atoms with Gasteiger partial charge in [0.15, 0.2) is 0 Å². The van der Waals surface area contributed by atoms with Crippen LogP contribution >= 0.6 is 15.9 Å². The topological polar surface area (TPSA) is 0 Å². The highest BCUT2D eigenvalue weighted by Gasteiger charge is 1.74. The molecular formula is C6H5Br. The monoisotopic (exact) mass is 157 g/mol. The highest BCUT2D eigenvalue weighted by Crippen LogP contribution is 2.05. The summed E-state index contributed by atoms with van der Waals surface area (Å²) < 4.78 is 1.13. The van der Waals surface area contributed by atoms with Gasteiger partial charge in [-0.15, -0.1) is 0 Å². The molecule has 0 spiro atoms. The van der Waals surface area contributed by atoms with E-state index in [0.717, 1.165) is 4.47 Å². The summed E-state index contributed by atoms with van der Waals surface area (Å²) in [5.74, 6) is 0. The van der Waals surface area contributed by atoms with Crippen LogP contribution in [0, 0.1) is 0 Å². The molecule has 1 rings (SSSR count). The smallest absolute Gasteiger partial charge is 0.0175 e. The van der Waals surface area contributed by atoms with Gasteiger partial charge in [-0.3, -0.25) is 0 Å². The Labute approximate surface area is 51.3 Å². The van der Waals surface area contributed by atoms with Crippen molar-refractivity contribution in [1.82, 2.24) is 0 Å². The lowest BCUT2D eigenvalue weighted by Crippen LogP contribution is -1.55. The predicted molar refractivity (Wildman–Crippen MR) is 34.1 cm³/mol. The third kappa shape index (κ3) is 1.32. The third-order valence-electron chi connectivity index (χ3n) is 0.733. The van der Waals surface area contributed by atoms with Crippen LogP contribution in [0.4, 0.5) is 0 Å². The Kier molecular flexibility index (Phi) is 1.47. The van der Waals surface area contributed by atoms with Gasteiger partial charge in [-0.1, -0.05) is 34.1 Å². The Morgan fingerprint density at radius 3 is 1.86 bits per heavy atom. The molecule has 0 atom stereocenters. The number of benzene rings is 1. The molecule has 0 radical (unpaired) electrons. The maximum atomic E-state index is 3.31. The van der Waals surface area contributed by atoms with Crippen LogP contribution in [0.5, 0.6) is 0 Å². The van der Waals surface area contributed by atoms with Gasteiger partial charge in [0.2, 0.25) is 0 Å². The first-order valence-electron chi connectivity index (χ1n) is 2.10. The molecule has 0 aliphatic carbocycles. The first-order chi connectivity index (χ1) is 3.39. The highest BCUT2D eigenvalue weighted by molar-refractivity contribution is 9.10. The van der Waals surface area contributed by atoms with Gasteiger partial charge < -0.3 is 0 Å². The molecule has 0 amide bonds. The fourth-order valence-electron chi connectivity index (χ4n) is 0.415. The fourth-order valence-corrected chi connectivity index (χ4v) is 0.720. The van der Waals surface area contributed by atoms with Crippen molar-refractivity contribution < 1.29 is 0 Å². The molecule has 0 heterocycles. The highest BCUT2D eigenvalue weighted by atomic mass is 79.9. The van der Waals surface area contributed by atoms with E-state index in [9.17, 15) is 0 Å². The van der Waals surface area contributed by atoms with Crippen molar-refractivity contribution in [2.45, 2.75) is 0 Å². The number of hydrogen-bond donors (Lipinski definition) is 0. The molecule has 0 bridgehead atoms. The Hall–Kier alpha value is -0.300. The maximum Gasteiger partial charge on any atom is 0.0175 e. The molecule has 0 fully saturated rings. The van der Waals surface area contributed by atoms with E-state index in [1.165, 1.54) is 0 Å². The van der Waals surface area contributed by atoms with Gasteiger partial charge >= 0.3 is 0 Å². The second-order valence-corrected chi connectivity index (χ2v) is 2.21. The summed E-state index contributed by atoms with van der Waals surface area (Å²) in [5.41, 5.74) is 0. The average Bonchev–Trinajstić information content (AvgIpc) is 1.69. The largest absolute Gasteiger partial charge is 0.0622 e. The number of halogens is 1. The van der Waals surface area contributed by atoms with Crippen molar-refractivity contribution in [3.8, 4) is 0 Å². The van der Waals surface area contributed by atoms with Gasteiger partial charge in [0.25, 0.3) is 0 Å². The van der Waals surface area contributed by atoms with Crippen LogP contribution in [0.1, 0.15) is 0 Å². The van der Waals surface area contributed by atoms with Crippen molar-refractivity contribution in [2.75, 3.05) is 0 Å². The lowest BCUT2D eigenvalue weighted by Gasteiger charge is -1.80. The standard InChI is InChI=1S/C6H5Br/c7-6-4-2-1-3-5-6/h1-5H/i6+1. The molecule has 0 aliphatic rings. The minimum Gasteiger partial charge on any atom is -0.0622 e. The third-order valence-corrected chi connectivity index (χ3v) is 1.26. The van der Waals surface area contributed by atoms with Crippen LogP contribution in [-0.4, -0.2) is 0 Å². The molecule has 1 aromatic rings. The van der Waals surface area contributed by atoms with Crippen molar-refractivity contribution in [2.24, 2.45) is 0 Å². The van der Waals surface area contributed by atoms with Crippen LogP contribution in [0.15, 0.2) is 34.8 Å². The van der Waals surface area contributed by atoms with Crippen molar-refractivity contribution in [3.63, 3.8) is 0 Å². The summed E-state index contributed by atoms with van der Waals surface area (Å²) in [7, 11) is 0. The van der Waals surface area contributed by atoms with Gasteiger partial charge in [0.05, 0.1) is 0 Å². The Morgan fingerprint density at radius 1 is 1.00 bits per heavy atom. The summed E-state index contributed by atoms with van der Waals surface area (Å²) >= 11 is 3.31. The van der Waals surface area contributed by atoms with E-state index in [0.29, 0.717) is 0 Å². The van der Waals surface area contributed by atoms with E-state index in [2.05, 4.69) is 15.9 Å². The summed E-state index contributed by atoms with van der Waals surface area (Å²) in [5, 5.41) is 0. The minimum atomic E-state index is 1.13. The quantitative estimate of drug-likeness (QED) is 0.543. The molecule has 36 valence electrons. The molecule has 7 heavy (non-hydrogen) atoms. The molecule has 0 aliphatic heterocycles. The molecule has 0 N–H and O–H groups in total. The number of rotatable bonds is 0. The van der Waals surface area contributed by atoms with E-state index in [4.69, 9.17) is 0 Å². The minimum absolute atomic E-state index is 1.13. The van der Waals surface area contributed by atoms with Crippen LogP contribution < -0.4 is 0 Å². The Bertz CT molecular complexity index is 134. The average molecular weight is 158 g/mol. The molecule has 0 nitrogen and oxygen atoms in total. The zero-order valence-corrected chi connectivity index (χ0v) is 5.35.